The lowest BCUT2D eigenvalue weighted by Gasteiger charge is -2.69. The maximum absolute atomic E-state index is 13.8. The predicted octanol–water partition coefficient (Wildman–Crippen LogP) is 3.76. The number of carbonyl (C=O) groups excluding carboxylic acids is 2. The lowest BCUT2D eigenvalue weighted by molar-refractivity contribution is -0.179. The third-order valence-corrected chi connectivity index (χ3v) is 7.91. The van der Waals surface area contributed by atoms with Gasteiger partial charge in [-0.2, -0.15) is 5.10 Å². The summed E-state index contributed by atoms with van der Waals surface area (Å²) in [6.07, 6.45) is 6.02. The molecule has 3 fully saturated rings. The third kappa shape index (κ3) is 3.08. The largest absolute Gasteiger partial charge is 0.493 e. The van der Waals surface area contributed by atoms with E-state index in [0.717, 1.165) is 16.9 Å². The molecule has 4 aromatic rings. The molecule has 1 aromatic carbocycles. The molecule has 2 amide bonds. The molecule has 8 rings (SSSR count). The van der Waals surface area contributed by atoms with E-state index >= 15 is 0 Å². The summed E-state index contributed by atoms with van der Waals surface area (Å²) in [4.78, 5) is 26.5. The number of pyridine rings is 1. The summed E-state index contributed by atoms with van der Waals surface area (Å²) in [6.45, 7) is 0.475. The Labute approximate surface area is 205 Å². The van der Waals surface area contributed by atoms with Crippen LogP contribution in [0.4, 0.5) is 4.39 Å². The average Bonchev–Trinajstić information content (AvgIpc) is 3.48. The van der Waals surface area contributed by atoms with E-state index in [1.54, 1.807) is 12.3 Å². The molecule has 3 aromatic heterocycles. The summed E-state index contributed by atoms with van der Waals surface area (Å²) in [5.41, 5.74) is 2.93. The number of aromatic nitrogens is 3. The standard InChI is InChI=1S/C27H24FN5O3/c28-16-4-5-23-17(11-16)19(7-10-36-23)30-25(35)26-13-27(14-26,15-26)31-24(34)18-12-22(20-6-8-29-32-20)33-9-2-1-3-21(18)33/h1-6,8-9,11-12,19H,7,10,13-15H2,(H,29,32)(H,30,35)(H,31,34). The van der Waals surface area contributed by atoms with E-state index in [0.29, 0.717) is 49.2 Å². The number of nitrogens with one attached hydrogen (secondary N) is 3. The summed E-state index contributed by atoms with van der Waals surface area (Å²) in [5.74, 6) is 0.0896. The van der Waals surface area contributed by atoms with Gasteiger partial charge in [0.25, 0.3) is 5.91 Å². The molecule has 0 spiro atoms. The second-order valence-electron chi connectivity index (χ2n) is 10.3. The number of H-pyrrole nitrogens is 1. The molecule has 9 heteroatoms. The van der Waals surface area contributed by atoms with E-state index < -0.39 is 5.41 Å². The van der Waals surface area contributed by atoms with Crippen LogP contribution in [-0.4, -0.2) is 38.6 Å². The van der Waals surface area contributed by atoms with Crippen LogP contribution < -0.4 is 15.4 Å². The van der Waals surface area contributed by atoms with Crippen molar-refractivity contribution in [3.8, 4) is 17.1 Å². The topological polar surface area (TPSA) is 101 Å². The summed E-state index contributed by atoms with van der Waals surface area (Å²) in [5, 5.41) is 13.3. The van der Waals surface area contributed by atoms with E-state index in [-0.39, 0.29) is 29.2 Å². The van der Waals surface area contributed by atoms with Gasteiger partial charge in [0.15, 0.2) is 0 Å². The van der Waals surface area contributed by atoms with Crippen molar-refractivity contribution in [3.05, 3.63) is 77.9 Å². The zero-order chi connectivity index (χ0) is 24.5. The summed E-state index contributed by atoms with van der Waals surface area (Å²) in [6, 6.07) is 13.6. The lowest BCUT2D eigenvalue weighted by atomic mass is 9.39. The van der Waals surface area contributed by atoms with Gasteiger partial charge in [-0.15, -0.1) is 0 Å². The molecule has 36 heavy (non-hydrogen) atoms. The molecule has 3 saturated carbocycles. The molecule has 3 N–H and O–H groups in total. The predicted molar refractivity (Wildman–Crippen MR) is 129 cm³/mol. The Morgan fingerprint density at radius 3 is 2.81 bits per heavy atom. The van der Waals surface area contributed by atoms with Gasteiger partial charge < -0.3 is 19.8 Å². The fraction of sp³-hybridized carbons (Fsp3) is 0.296. The van der Waals surface area contributed by atoms with Gasteiger partial charge in [-0.3, -0.25) is 14.7 Å². The van der Waals surface area contributed by atoms with Crippen molar-refractivity contribution in [2.75, 3.05) is 6.61 Å². The molecule has 4 aliphatic rings. The Balaban J connectivity index is 1.05. The minimum atomic E-state index is -0.469. The van der Waals surface area contributed by atoms with Crippen LogP contribution in [-0.2, 0) is 4.79 Å². The van der Waals surface area contributed by atoms with Crippen LogP contribution >= 0.6 is 0 Å². The molecule has 1 atom stereocenters. The number of nitrogens with zero attached hydrogens (tertiary/aromatic N) is 2. The first-order valence-corrected chi connectivity index (χ1v) is 12.1. The normalized spacial score (nSPS) is 25.8. The maximum atomic E-state index is 13.8. The zero-order valence-electron chi connectivity index (χ0n) is 19.4. The van der Waals surface area contributed by atoms with Crippen molar-refractivity contribution >= 4 is 17.3 Å². The van der Waals surface area contributed by atoms with Crippen molar-refractivity contribution in [1.29, 1.82) is 0 Å². The molecule has 3 aliphatic carbocycles. The first-order chi connectivity index (χ1) is 17.5. The smallest absolute Gasteiger partial charge is 0.253 e. The van der Waals surface area contributed by atoms with Gasteiger partial charge in [-0.1, -0.05) is 6.07 Å². The fourth-order valence-corrected chi connectivity index (χ4v) is 6.24. The molecule has 1 unspecified atom stereocenters. The molecule has 0 saturated heterocycles. The maximum Gasteiger partial charge on any atom is 0.253 e. The monoisotopic (exact) mass is 485 g/mol. The number of carbonyl (C=O) groups is 2. The van der Waals surface area contributed by atoms with Crippen molar-refractivity contribution in [1.82, 2.24) is 25.2 Å². The Bertz CT molecular complexity index is 1510. The zero-order valence-corrected chi connectivity index (χ0v) is 19.4. The molecule has 182 valence electrons. The van der Waals surface area contributed by atoms with Gasteiger partial charge in [0.05, 0.1) is 40.5 Å². The molecule has 0 radical (unpaired) electrons. The van der Waals surface area contributed by atoms with E-state index in [1.807, 2.05) is 40.9 Å². The summed E-state index contributed by atoms with van der Waals surface area (Å²) >= 11 is 0. The van der Waals surface area contributed by atoms with Crippen LogP contribution in [0.1, 0.15) is 47.6 Å². The number of benzene rings is 1. The minimum absolute atomic E-state index is 0.0309. The number of halogens is 1. The highest BCUT2D eigenvalue weighted by molar-refractivity contribution is 6.03. The van der Waals surface area contributed by atoms with Crippen LogP contribution in [0.25, 0.3) is 16.9 Å². The number of rotatable bonds is 5. The van der Waals surface area contributed by atoms with Gasteiger partial charge in [-0.05, 0) is 61.7 Å². The number of aromatic amines is 1. The average molecular weight is 486 g/mol. The van der Waals surface area contributed by atoms with Crippen LogP contribution in [0.15, 0.2) is 60.9 Å². The number of amides is 2. The van der Waals surface area contributed by atoms with Gasteiger partial charge in [0.1, 0.15) is 11.6 Å². The van der Waals surface area contributed by atoms with E-state index in [4.69, 9.17) is 4.74 Å². The molecule has 4 heterocycles. The van der Waals surface area contributed by atoms with Gasteiger partial charge in [-0.25, -0.2) is 4.39 Å². The highest BCUT2D eigenvalue weighted by atomic mass is 19.1. The third-order valence-electron chi connectivity index (χ3n) is 7.91. The second kappa shape index (κ2) is 7.43. The first-order valence-electron chi connectivity index (χ1n) is 12.1. The minimum Gasteiger partial charge on any atom is -0.493 e. The Morgan fingerprint density at radius 2 is 2.00 bits per heavy atom. The molecule has 2 bridgehead atoms. The van der Waals surface area contributed by atoms with Crippen LogP contribution in [0, 0.1) is 11.2 Å². The SMILES string of the molecule is O=C(NC12CC(C(=O)NC3CCOc4ccc(F)cc43)(C1)C2)c1cc(-c2ccn[nH]2)n2ccccc12. The Hall–Kier alpha value is -4.14. The van der Waals surface area contributed by atoms with E-state index in [9.17, 15) is 14.0 Å². The van der Waals surface area contributed by atoms with E-state index in [2.05, 4.69) is 20.8 Å². The quantitative estimate of drug-likeness (QED) is 0.401. The first kappa shape index (κ1) is 21.2. The molecule has 1 aliphatic heterocycles. The van der Waals surface area contributed by atoms with Crippen molar-refractivity contribution < 1.29 is 18.7 Å². The summed E-state index contributed by atoms with van der Waals surface area (Å²) in [7, 11) is 0. The van der Waals surface area contributed by atoms with Crippen LogP contribution in [0.2, 0.25) is 0 Å². The number of hydrogen-bond acceptors (Lipinski definition) is 4. The number of fused-ring (bicyclic) bond motifs is 2. The van der Waals surface area contributed by atoms with Crippen LogP contribution in [0.5, 0.6) is 5.75 Å². The fourth-order valence-electron chi connectivity index (χ4n) is 6.24. The number of ether oxygens (including phenoxy) is 1. The van der Waals surface area contributed by atoms with Gasteiger partial charge >= 0.3 is 0 Å². The van der Waals surface area contributed by atoms with E-state index in [1.165, 1.54) is 12.1 Å². The molecule has 8 nitrogen and oxygen atoms in total. The van der Waals surface area contributed by atoms with Crippen molar-refractivity contribution in [2.24, 2.45) is 5.41 Å². The highest BCUT2D eigenvalue weighted by Crippen LogP contribution is 2.67. The van der Waals surface area contributed by atoms with Gasteiger partial charge in [0, 0.05) is 29.9 Å². The highest BCUT2D eigenvalue weighted by Gasteiger charge is 2.72. The Morgan fingerprint density at radius 1 is 1.14 bits per heavy atom. The molecular weight excluding hydrogens is 461 g/mol. The summed E-state index contributed by atoms with van der Waals surface area (Å²) < 4.78 is 21.4. The van der Waals surface area contributed by atoms with Gasteiger partial charge in [0.2, 0.25) is 5.91 Å². The van der Waals surface area contributed by atoms with Crippen molar-refractivity contribution in [3.63, 3.8) is 0 Å². The van der Waals surface area contributed by atoms with Crippen molar-refractivity contribution in [2.45, 2.75) is 37.3 Å². The van der Waals surface area contributed by atoms with Crippen LogP contribution in [0.3, 0.4) is 0 Å². The molecular formula is C27H24FN5O3. The number of hydrogen-bond donors (Lipinski definition) is 3. The Kier molecular flexibility index (Phi) is 4.37. The second-order valence-corrected chi connectivity index (χ2v) is 10.3. The lowest BCUT2D eigenvalue weighted by Crippen LogP contribution is -2.78.